The first kappa shape index (κ1) is 20.8. The molecule has 0 saturated carbocycles. The number of nitrogens with one attached hydrogen (secondary N) is 1. The Morgan fingerprint density at radius 1 is 1.15 bits per heavy atom. The van der Waals surface area contributed by atoms with Gasteiger partial charge in [-0.2, -0.15) is 0 Å². The molecule has 0 unspecified atom stereocenters. The van der Waals surface area contributed by atoms with Crippen LogP contribution in [0.5, 0.6) is 5.75 Å². The molecule has 2 rings (SSSR count). The van der Waals surface area contributed by atoms with Crippen LogP contribution in [-0.4, -0.2) is 26.1 Å². The highest BCUT2D eigenvalue weighted by Gasteiger charge is 2.24. The van der Waals surface area contributed by atoms with Gasteiger partial charge in [0.05, 0.1) is 12.2 Å². The van der Waals surface area contributed by atoms with Gasteiger partial charge in [0.15, 0.2) is 0 Å². The number of carboxylic acid groups (broad SMARTS) is 1. The highest BCUT2D eigenvalue weighted by molar-refractivity contribution is 7.92. The average Bonchev–Trinajstić information content (AvgIpc) is 2.58. The van der Waals surface area contributed by atoms with E-state index in [1.165, 1.54) is 24.3 Å². The molecule has 0 spiro atoms. The highest BCUT2D eigenvalue weighted by atomic mass is 32.2. The molecule has 0 heterocycles. The van der Waals surface area contributed by atoms with E-state index in [0.29, 0.717) is 6.61 Å². The van der Waals surface area contributed by atoms with E-state index in [9.17, 15) is 13.2 Å². The molecule has 2 aromatic rings. The largest absolute Gasteiger partial charge is 0.492 e. The summed E-state index contributed by atoms with van der Waals surface area (Å²) < 4.78 is 34.1. The summed E-state index contributed by atoms with van der Waals surface area (Å²) in [6.45, 7) is 8.32. The van der Waals surface area contributed by atoms with E-state index >= 15 is 0 Å². The van der Waals surface area contributed by atoms with Gasteiger partial charge in [-0.3, -0.25) is 4.72 Å². The van der Waals surface area contributed by atoms with Crippen molar-refractivity contribution in [3.8, 4) is 5.75 Å². The predicted octanol–water partition coefficient (Wildman–Crippen LogP) is 4.27. The van der Waals surface area contributed by atoms with E-state index in [0.717, 1.165) is 12.0 Å². The van der Waals surface area contributed by atoms with Crippen molar-refractivity contribution in [2.75, 3.05) is 11.3 Å². The van der Waals surface area contributed by atoms with E-state index in [-0.39, 0.29) is 27.3 Å². The second kappa shape index (κ2) is 8.00. The van der Waals surface area contributed by atoms with Crippen LogP contribution in [0.2, 0.25) is 0 Å². The lowest BCUT2D eigenvalue weighted by molar-refractivity contribution is 0.0697. The summed E-state index contributed by atoms with van der Waals surface area (Å²) in [6, 6.07) is 10.8. The maximum Gasteiger partial charge on any atom is 0.335 e. The molecule has 0 radical (unpaired) electrons. The van der Waals surface area contributed by atoms with E-state index < -0.39 is 16.0 Å². The monoisotopic (exact) mass is 391 g/mol. The normalized spacial score (nSPS) is 11.9. The number of sulfonamides is 1. The molecule has 0 aliphatic heterocycles. The lowest BCUT2D eigenvalue weighted by atomic mass is 9.87. The highest BCUT2D eigenvalue weighted by Crippen LogP contribution is 2.32. The van der Waals surface area contributed by atoms with Crippen LogP contribution in [-0.2, 0) is 15.4 Å². The fourth-order valence-corrected chi connectivity index (χ4v) is 3.66. The average molecular weight is 391 g/mol. The zero-order valence-electron chi connectivity index (χ0n) is 15.9. The smallest absolute Gasteiger partial charge is 0.335 e. The summed E-state index contributed by atoms with van der Waals surface area (Å²) in [7, 11) is -3.97. The molecule has 27 heavy (non-hydrogen) atoms. The van der Waals surface area contributed by atoms with Crippen molar-refractivity contribution in [1.29, 1.82) is 0 Å². The molecule has 2 N–H and O–H groups in total. The summed E-state index contributed by atoms with van der Waals surface area (Å²) in [5.41, 5.74) is 0.793. The molecule has 2 aromatic carbocycles. The number of hydrogen-bond acceptors (Lipinski definition) is 4. The first-order valence-corrected chi connectivity index (χ1v) is 10.2. The van der Waals surface area contributed by atoms with Gasteiger partial charge >= 0.3 is 5.97 Å². The third-order valence-corrected chi connectivity index (χ3v) is 5.33. The Balaban J connectivity index is 2.48. The van der Waals surface area contributed by atoms with Crippen molar-refractivity contribution in [3.05, 3.63) is 53.6 Å². The van der Waals surface area contributed by atoms with E-state index in [4.69, 9.17) is 9.84 Å². The third-order valence-electron chi connectivity index (χ3n) is 3.92. The van der Waals surface area contributed by atoms with Gasteiger partial charge in [-0.1, -0.05) is 39.8 Å². The van der Waals surface area contributed by atoms with E-state index in [2.05, 4.69) is 4.72 Å². The second-order valence-corrected chi connectivity index (χ2v) is 8.90. The van der Waals surface area contributed by atoms with Gasteiger partial charge in [0.2, 0.25) is 0 Å². The van der Waals surface area contributed by atoms with Crippen LogP contribution in [0.15, 0.2) is 47.4 Å². The second-order valence-electron chi connectivity index (χ2n) is 7.25. The number of carboxylic acids is 1. The number of anilines is 1. The maximum absolute atomic E-state index is 13.0. The fourth-order valence-electron chi connectivity index (χ4n) is 2.44. The predicted molar refractivity (Wildman–Crippen MR) is 105 cm³/mol. The number of rotatable bonds is 7. The molecule has 0 atom stereocenters. The minimum atomic E-state index is -3.97. The molecule has 0 aromatic heterocycles. The van der Waals surface area contributed by atoms with Gasteiger partial charge in [-0.15, -0.1) is 0 Å². The number of ether oxygens (including phenoxy) is 1. The summed E-state index contributed by atoms with van der Waals surface area (Å²) in [5.74, 6) is -0.857. The van der Waals surface area contributed by atoms with Crippen LogP contribution in [0.1, 0.15) is 50.0 Å². The molecule has 0 saturated heterocycles. The molecule has 0 bridgehead atoms. The Hall–Kier alpha value is -2.54. The van der Waals surface area contributed by atoms with Gasteiger partial charge in [0, 0.05) is 5.69 Å². The SMILES string of the molecule is CCCOc1ccc(C(C)(C)C)cc1S(=O)(=O)Nc1cccc(C(=O)O)c1. The molecule has 0 aliphatic carbocycles. The van der Waals surface area contributed by atoms with Crippen LogP contribution in [0, 0.1) is 0 Å². The van der Waals surface area contributed by atoms with Crippen molar-refractivity contribution < 1.29 is 23.1 Å². The minimum absolute atomic E-state index is 0.00102. The van der Waals surface area contributed by atoms with E-state index in [1.54, 1.807) is 12.1 Å². The van der Waals surface area contributed by atoms with Crippen molar-refractivity contribution in [2.45, 2.75) is 44.4 Å². The lowest BCUT2D eigenvalue weighted by Gasteiger charge is -2.21. The molecular weight excluding hydrogens is 366 g/mol. The van der Waals surface area contributed by atoms with Crippen molar-refractivity contribution >= 4 is 21.7 Å². The van der Waals surface area contributed by atoms with Gasteiger partial charge < -0.3 is 9.84 Å². The topological polar surface area (TPSA) is 92.7 Å². The van der Waals surface area contributed by atoms with Crippen LogP contribution in [0.25, 0.3) is 0 Å². The summed E-state index contributed by atoms with van der Waals surface area (Å²) in [5, 5.41) is 9.09. The summed E-state index contributed by atoms with van der Waals surface area (Å²) in [4.78, 5) is 11.2. The van der Waals surface area contributed by atoms with Crippen LogP contribution < -0.4 is 9.46 Å². The van der Waals surface area contributed by atoms with Gasteiger partial charge in [0.25, 0.3) is 10.0 Å². The molecule has 0 aliphatic rings. The first-order chi connectivity index (χ1) is 12.5. The zero-order chi connectivity index (χ0) is 20.2. The number of carbonyl (C=O) groups is 1. The Morgan fingerprint density at radius 3 is 2.44 bits per heavy atom. The fraction of sp³-hybridized carbons (Fsp3) is 0.350. The van der Waals surface area contributed by atoms with Gasteiger partial charge in [-0.25, -0.2) is 13.2 Å². The Morgan fingerprint density at radius 2 is 1.85 bits per heavy atom. The number of aromatic carboxylic acids is 1. The van der Waals surface area contributed by atoms with Crippen molar-refractivity contribution in [2.24, 2.45) is 0 Å². The molecule has 6 nitrogen and oxygen atoms in total. The van der Waals surface area contributed by atoms with Crippen LogP contribution >= 0.6 is 0 Å². The lowest BCUT2D eigenvalue weighted by Crippen LogP contribution is -2.18. The Labute approximate surface area is 160 Å². The molecule has 146 valence electrons. The first-order valence-electron chi connectivity index (χ1n) is 8.68. The van der Waals surface area contributed by atoms with Crippen molar-refractivity contribution in [3.63, 3.8) is 0 Å². The maximum atomic E-state index is 13.0. The van der Waals surface area contributed by atoms with E-state index in [1.807, 2.05) is 33.8 Å². The summed E-state index contributed by atoms with van der Waals surface area (Å²) in [6.07, 6.45) is 0.745. The molecular formula is C20H25NO5S. The molecule has 7 heteroatoms. The third kappa shape index (κ3) is 5.23. The minimum Gasteiger partial charge on any atom is -0.492 e. The number of benzene rings is 2. The van der Waals surface area contributed by atoms with Crippen LogP contribution in [0.4, 0.5) is 5.69 Å². The summed E-state index contributed by atoms with van der Waals surface area (Å²) >= 11 is 0. The standard InChI is InChI=1S/C20H25NO5S/c1-5-11-26-17-10-9-15(20(2,3)4)13-18(17)27(24,25)21-16-8-6-7-14(12-16)19(22)23/h6-10,12-13,21H,5,11H2,1-4H3,(H,22,23). The van der Waals surface area contributed by atoms with Gasteiger partial charge in [-0.05, 0) is 47.7 Å². The van der Waals surface area contributed by atoms with Crippen LogP contribution in [0.3, 0.4) is 0 Å². The Bertz CT molecular complexity index is 930. The van der Waals surface area contributed by atoms with Gasteiger partial charge in [0.1, 0.15) is 10.6 Å². The zero-order valence-corrected chi connectivity index (χ0v) is 16.8. The number of hydrogen-bond donors (Lipinski definition) is 2. The van der Waals surface area contributed by atoms with Crippen molar-refractivity contribution in [1.82, 2.24) is 0 Å². The molecule has 0 amide bonds. The quantitative estimate of drug-likeness (QED) is 0.735. The Kier molecular flexibility index (Phi) is 6.15. The molecule has 0 fully saturated rings.